The van der Waals surface area contributed by atoms with E-state index in [9.17, 15) is 22.7 Å². The summed E-state index contributed by atoms with van der Waals surface area (Å²) in [4.78, 5) is 0. The van der Waals surface area contributed by atoms with Gasteiger partial charge in [-0.1, -0.05) is 89.2 Å². The number of hydrogen-bond acceptors (Lipinski definition) is 5. The fourth-order valence-corrected chi connectivity index (χ4v) is 8.10. The van der Waals surface area contributed by atoms with Crippen LogP contribution >= 0.6 is 0 Å². The highest BCUT2D eigenvalue weighted by Gasteiger charge is 2.29. The summed E-state index contributed by atoms with van der Waals surface area (Å²) >= 11 is 0. The van der Waals surface area contributed by atoms with Crippen molar-refractivity contribution in [3.63, 3.8) is 0 Å². The maximum absolute atomic E-state index is 14.7. The molecule has 2 saturated carbocycles. The number of hydrogen-bond donors (Lipinski definition) is 2. The van der Waals surface area contributed by atoms with Gasteiger partial charge < -0.3 is 24.4 Å². The quantitative estimate of drug-likeness (QED) is 0.110. The minimum atomic E-state index is -1.24. The molecule has 0 aliphatic heterocycles. The summed E-state index contributed by atoms with van der Waals surface area (Å²) in [5, 5.41) is 19.8. The Balaban J connectivity index is 0.000000209. The van der Waals surface area contributed by atoms with E-state index >= 15 is 0 Å². The Kier molecular flexibility index (Phi) is 17.7. The van der Waals surface area contributed by atoms with Gasteiger partial charge in [-0.2, -0.15) is 8.78 Å². The van der Waals surface area contributed by atoms with Crippen molar-refractivity contribution >= 4 is 21.5 Å². The van der Waals surface area contributed by atoms with Gasteiger partial charge in [-0.25, -0.2) is 8.78 Å². The zero-order valence-corrected chi connectivity index (χ0v) is 33.8. The summed E-state index contributed by atoms with van der Waals surface area (Å²) in [6.07, 6.45) is 23.8. The number of aromatic hydroxyl groups is 1. The van der Waals surface area contributed by atoms with Gasteiger partial charge in [0.25, 0.3) is 0 Å². The van der Waals surface area contributed by atoms with Crippen LogP contribution in [0.15, 0.2) is 48.5 Å². The van der Waals surface area contributed by atoms with E-state index in [1.165, 1.54) is 62.8 Å². The van der Waals surface area contributed by atoms with Crippen LogP contribution in [0.5, 0.6) is 23.0 Å². The number of rotatable bonds is 12. The number of ether oxygens (including phenoxy) is 3. The Labute approximate surface area is 336 Å². The first-order valence-corrected chi connectivity index (χ1v) is 20.5. The Morgan fingerprint density at radius 3 is 1.56 bits per heavy atom. The number of halogens is 4. The summed E-state index contributed by atoms with van der Waals surface area (Å²) < 4.78 is 72.3. The third-order valence-corrected chi connectivity index (χ3v) is 11.2. The average Bonchev–Trinajstić information content (AvgIpc) is 3.22. The Bertz CT molecular complexity index is 1970. The predicted octanol–water partition coefficient (Wildman–Crippen LogP) is 12.3. The molecule has 4 aromatic carbocycles. The highest BCUT2D eigenvalue weighted by atomic mass is 19.2. The summed E-state index contributed by atoms with van der Waals surface area (Å²) in [6.45, 7) is 9.00. The van der Waals surface area contributed by atoms with Crippen molar-refractivity contribution in [2.45, 2.75) is 117 Å². The summed E-state index contributed by atoms with van der Waals surface area (Å²) in [5.41, 5.74) is 0. The maximum atomic E-state index is 14.7. The fraction of sp³-hybridized carbons (Fsp3) is 0.500. The Morgan fingerprint density at radius 1 is 0.632 bits per heavy atom. The van der Waals surface area contributed by atoms with E-state index in [0.29, 0.717) is 41.4 Å². The number of fused-ring (bicyclic) bond motifs is 2. The molecule has 0 radical (unpaired) electrons. The van der Waals surface area contributed by atoms with Crippen LogP contribution in [0.2, 0.25) is 0 Å². The molecule has 0 aromatic heterocycles. The molecule has 0 spiro atoms. The molecular formula is C48H58F4O5. The van der Waals surface area contributed by atoms with E-state index in [1.807, 2.05) is 6.92 Å². The number of phenolic OH excluding ortho intramolecular Hbond substituents is 1. The van der Waals surface area contributed by atoms with E-state index in [-0.39, 0.29) is 22.4 Å². The molecular weight excluding hydrogens is 733 g/mol. The van der Waals surface area contributed by atoms with Crippen molar-refractivity contribution in [2.24, 2.45) is 23.7 Å². The first-order chi connectivity index (χ1) is 27.5. The number of benzene rings is 4. The van der Waals surface area contributed by atoms with Gasteiger partial charge in [-0.15, -0.1) is 12.8 Å². The minimum Gasteiger partial charge on any atom is -0.505 e. The molecule has 5 nitrogen and oxygen atoms in total. The lowest BCUT2D eigenvalue weighted by Gasteiger charge is -2.31. The first-order valence-electron chi connectivity index (χ1n) is 20.5. The number of aliphatic hydroxyl groups excluding tert-OH is 1. The second kappa shape index (κ2) is 22.4. The van der Waals surface area contributed by atoms with Gasteiger partial charge in [0.2, 0.25) is 11.6 Å². The van der Waals surface area contributed by atoms with Gasteiger partial charge in [0.1, 0.15) is 17.6 Å². The monoisotopic (exact) mass is 790 g/mol. The van der Waals surface area contributed by atoms with Crippen LogP contribution in [0, 0.1) is 71.6 Å². The lowest BCUT2D eigenvalue weighted by molar-refractivity contribution is 0.115. The normalized spacial score (nSPS) is 20.1. The van der Waals surface area contributed by atoms with Crippen molar-refractivity contribution in [2.75, 3.05) is 13.2 Å². The van der Waals surface area contributed by atoms with Gasteiger partial charge in [0.15, 0.2) is 29.2 Å². The minimum absolute atomic E-state index is 0.0984. The molecule has 0 heterocycles. The van der Waals surface area contributed by atoms with Crippen molar-refractivity contribution in [1.82, 2.24) is 0 Å². The lowest BCUT2D eigenvalue weighted by Crippen LogP contribution is -2.29. The molecule has 9 heteroatoms. The van der Waals surface area contributed by atoms with Gasteiger partial charge >= 0.3 is 0 Å². The van der Waals surface area contributed by atoms with Crippen LogP contribution in [0.3, 0.4) is 0 Å². The van der Waals surface area contributed by atoms with Crippen LogP contribution in [0.25, 0.3) is 21.5 Å². The fourth-order valence-electron chi connectivity index (χ4n) is 8.10. The second-order valence-corrected chi connectivity index (χ2v) is 15.1. The van der Waals surface area contributed by atoms with E-state index in [1.54, 1.807) is 31.2 Å². The van der Waals surface area contributed by atoms with E-state index in [4.69, 9.17) is 32.2 Å². The van der Waals surface area contributed by atoms with E-state index in [0.717, 1.165) is 50.4 Å². The van der Waals surface area contributed by atoms with Gasteiger partial charge in [0, 0.05) is 16.7 Å². The van der Waals surface area contributed by atoms with Crippen molar-refractivity contribution in [1.29, 1.82) is 0 Å². The van der Waals surface area contributed by atoms with E-state index in [2.05, 4.69) is 25.7 Å². The molecule has 2 unspecified atom stereocenters. The molecule has 57 heavy (non-hydrogen) atoms. The summed E-state index contributed by atoms with van der Waals surface area (Å²) in [6, 6.07) is 12.3. The molecule has 0 amide bonds. The molecule has 4 aromatic rings. The number of phenols is 1. The molecule has 2 aliphatic carbocycles. The van der Waals surface area contributed by atoms with Gasteiger partial charge in [0.05, 0.1) is 13.2 Å². The van der Waals surface area contributed by atoms with Crippen LogP contribution < -0.4 is 14.2 Å². The summed E-state index contributed by atoms with van der Waals surface area (Å²) in [7, 11) is 0. The Morgan fingerprint density at radius 2 is 1.11 bits per heavy atom. The first kappa shape index (κ1) is 45.1. The highest BCUT2D eigenvalue weighted by molar-refractivity contribution is 5.87. The lowest BCUT2D eigenvalue weighted by atomic mass is 9.78. The maximum Gasteiger partial charge on any atom is 0.201 e. The predicted molar refractivity (Wildman–Crippen MR) is 221 cm³/mol. The average molecular weight is 791 g/mol. The van der Waals surface area contributed by atoms with Crippen molar-refractivity contribution in [3.05, 3.63) is 71.8 Å². The third-order valence-electron chi connectivity index (χ3n) is 11.2. The molecule has 2 N–H and O–H groups in total. The summed E-state index contributed by atoms with van der Waals surface area (Å²) in [5.74, 6) is 3.23. The molecule has 308 valence electrons. The third kappa shape index (κ3) is 12.2. The van der Waals surface area contributed by atoms with Gasteiger partial charge in [-0.3, -0.25) is 0 Å². The van der Waals surface area contributed by atoms with Crippen LogP contribution in [0.4, 0.5) is 17.6 Å². The standard InChI is InChI=1S/C24H28F2O2.C12H10F2O2.C12H20O/c1-4-7-16-8-10-17(11-9-16)21(5-2)28-22-14-18-12-13-19(27-6-3)15-20(18)23(25)24(22)26;1-2-16-8-4-3-7-5-10(15)12(14)11(13)9(7)6-8;1-3-5-10-6-8-11(9-7-10)12(13)4-2/h2,12-17,21H,4,6-11H2,1,3H3;3-6,15H,2H2,1H3;2,10-13H,3,5-9H2,1H3. The largest absolute Gasteiger partial charge is 0.505 e. The molecule has 2 fully saturated rings. The highest BCUT2D eigenvalue weighted by Crippen LogP contribution is 2.37. The topological polar surface area (TPSA) is 68.2 Å². The second-order valence-electron chi connectivity index (χ2n) is 15.1. The molecule has 0 saturated heterocycles. The van der Waals surface area contributed by atoms with Crippen LogP contribution in [-0.4, -0.2) is 35.6 Å². The Hall–Kier alpha value is -4.60. The van der Waals surface area contributed by atoms with Crippen molar-refractivity contribution < 1.29 is 42.0 Å². The molecule has 2 aliphatic rings. The zero-order valence-electron chi connectivity index (χ0n) is 33.8. The van der Waals surface area contributed by atoms with Gasteiger partial charge in [-0.05, 0) is 104 Å². The zero-order chi connectivity index (χ0) is 41.5. The molecule has 6 rings (SSSR count). The molecule has 2 atom stereocenters. The number of aliphatic hydroxyl groups is 1. The smallest absolute Gasteiger partial charge is 0.201 e. The molecule has 0 bridgehead atoms. The van der Waals surface area contributed by atoms with Crippen LogP contribution in [-0.2, 0) is 0 Å². The van der Waals surface area contributed by atoms with Crippen molar-refractivity contribution in [3.8, 4) is 47.7 Å². The SMILES string of the molecule is C#CC(O)C1CCC(CCC)CC1.C#CC(Oc1cc2ccc(OCC)cc2c(F)c1F)C1CCC(CCC)CC1.CCOc1ccc2cc(O)c(F)c(F)c2c1. The van der Waals surface area contributed by atoms with Crippen LogP contribution in [0.1, 0.15) is 105 Å². The van der Waals surface area contributed by atoms with E-state index < -0.39 is 41.2 Å². The number of terminal acetylenes is 2.